The Morgan fingerprint density at radius 3 is 2.79 bits per heavy atom. The zero-order valence-electron chi connectivity index (χ0n) is 10.1. The number of nitrogen functional groups attached to an aromatic ring is 1. The summed E-state index contributed by atoms with van der Waals surface area (Å²) < 4.78 is 45.4. The molecule has 1 heterocycles. The van der Waals surface area contributed by atoms with Crippen molar-refractivity contribution < 1.29 is 17.5 Å². The van der Waals surface area contributed by atoms with Gasteiger partial charge >= 0.3 is 0 Å². The SMILES string of the molecule is Nc1cc(S(=O)(=O)N2CCCOCC2)c(F)cc1Br. The van der Waals surface area contributed by atoms with Gasteiger partial charge in [0, 0.05) is 29.9 Å². The molecule has 1 saturated heterocycles. The first kappa shape index (κ1) is 14.7. The van der Waals surface area contributed by atoms with E-state index in [0.717, 1.165) is 12.1 Å². The number of sulfonamides is 1. The molecule has 0 amide bonds. The topological polar surface area (TPSA) is 72.6 Å². The first-order valence-corrected chi connectivity index (χ1v) is 7.98. The minimum Gasteiger partial charge on any atom is -0.398 e. The second kappa shape index (κ2) is 5.74. The van der Waals surface area contributed by atoms with E-state index in [1.54, 1.807) is 0 Å². The highest BCUT2D eigenvalue weighted by Crippen LogP contribution is 2.28. The van der Waals surface area contributed by atoms with E-state index >= 15 is 0 Å². The first-order valence-electron chi connectivity index (χ1n) is 5.75. The average molecular weight is 353 g/mol. The summed E-state index contributed by atoms with van der Waals surface area (Å²) in [7, 11) is -3.88. The number of nitrogens with two attached hydrogens (primary N) is 1. The zero-order valence-corrected chi connectivity index (χ0v) is 12.5. The molecule has 0 unspecified atom stereocenters. The molecule has 1 fully saturated rings. The van der Waals surface area contributed by atoms with Crippen LogP contribution in [0.15, 0.2) is 21.5 Å². The minimum atomic E-state index is -3.88. The number of anilines is 1. The Hall–Kier alpha value is -0.700. The van der Waals surface area contributed by atoms with Gasteiger partial charge in [0.05, 0.1) is 6.61 Å². The van der Waals surface area contributed by atoms with E-state index in [-0.39, 0.29) is 12.2 Å². The maximum absolute atomic E-state index is 13.9. The molecule has 0 spiro atoms. The summed E-state index contributed by atoms with van der Waals surface area (Å²) in [5.74, 6) is -0.814. The number of hydrogen-bond acceptors (Lipinski definition) is 4. The Morgan fingerprint density at radius 1 is 1.32 bits per heavy atom. The highest BCUT2D eigenvalue weighted by Gasteiger charge is 2.28. The van der Waals surface area contributed by atoms with Crippen molar-refractivity contribution in [3.63, 3.8) is 0 Å². The Labute approximate surface area is 119 Å². The molecular weight excluding hydrogens is 339 g/mol. The predicted octanol–water partition coefficient (Wildman–Crippen LogP) is 1.58. The van der Waals surface area contributed by atoms with Gasteiger partial charge in [0.25, 0.3) is 0 Å². The molecule has 0 atom stereocenters. The summed E-state index contributed by atoms with van der Waals surface area (Å²) in [6, 6.07) is 2.21. The number of benzene rings is 1. The van der Waals surface area contributed by atoms with Gasteiger partial charge in [-0.1, -0.05) is 0 Å². The third kappa shape index (κ3) is 3.07. The average Bonchev–Trinajstić information content (AvgIpc) is 2.62. The minimum absolute atomic E-state index is 0.186. The van der Waals surface area contributed by atoms with Crippen LogP contribution < -0.4 is 5.73 Å². The number of rotatable bonds is 2. The fourth-order valence-electron chi connectivity index (χ4n) is 1.85. The lowest BCUT2D eigenvalue weighted by Crippen LogP contribution is -2.33. The van der Waals surface area contributed by atoms with Gasteiger partial charge in [-0.25, -0.2) is 12.8 Å². The van der Waals surface area contributed by atoms with E-state index in [1.807, 2.05) is 0 Å². The fourth-order valence-corrected chi connectivity index (χ4v) is 3.70. The number of nitrogens with zero attached hydrogens (tertiary/aromatic N) is 1. The molecule has 19 heavy (non-hydrogen) atoms. The molecule has 8 heteroatoms. The highest BCUT2D eigenvalue weighted by atomic mass is 79.9. The molecule has 2 N–H and O–H groups in total. The molecular formula is C11H14BrFN2O3S. The summed E-state index contributed by atoms with van der Waals surface area (Å²) >= 11 is 3.06. The van der Waals surface area contributed by atoms with Crippen molar-refractivity contribution in [3.8, 4) is 0 Å². The van der Waals surface area contributed by atoms with Crippen LogP contribution in [0.4, 0.5) is 10.1 Å². The second-order valence-corrected chi connectivity index (χ2v) is 6.93. The van der Waals surface area contributed by atoms with E-state index in [2.05, 4.69) is 15.9 Å². The second-order valence-electron chi connectivity index (χ2n) is 4.17. The lowest BCUT2D eigenvalue weighted by atomic mass is 10.3. The van der Waals surface area contributed by atoms with E-state index in [0.29, 0.717) is 30.7 Å². The first-order chi connectivity index (χ1) is 8.93. The van der Waals surface area contributed by atoms with Gasteiger partial charge in [0.1, 0.15) is 10.7 Å². The van der Waals surface area contributed by atoms with Crippen LogP contribution in [0.2, 0.25) is 0 Å². The fraction of sp³-hybridized carbons (Fsp3) is 0.455. The lowest BCUT2D eigenvalue weighted by Gasteiger charge is -2.20. The maximum Gasteiger partial charge on any atom is 0.246 e. The molecule has 0 saturated carbocycles. The zero-order chi connectivity index (χ0) is 14.0. The Morgan fingerprint density at radius 2 is 2.05 bits per heavy atom. The van der Waals surface area contributed by atoms with Gasteiger partial charge < -0.3 is 10.5 Å². The van der Waals surface area contributed by atoms with Crippen LogP contribution in [-0.4, -0.2) is 39.0 Å². The molecule has 1 aliphatic heterocycles. The van der Waals surface area contributed by atoms with Crippen LogP contribution in [0.3, 0.4) is 0 Å². The van der Waals surface area contributed by atoms with Crippen molar-refractivity contribution in [2.24, 2.45) is 0 Å². The van der Waals surface area contributed by atoms with Gasteiger partial charge in [0.15, 0.2) is 0 Å². The van der Waals surface area contributed by atoms with Crippen molar-refractivity contribution in [2.45, 2.75) is 11.3 Å². The van der Waals surface area contributed by atoms with Gasteiger partial charge in [-0.05, 0) is 34.5 Å². The van der Waals surface area contributed by atoms with Crippen molar-refractivity contribution in [1.29, 1.82) is 0 Å². The number of halogens is 2. The summed E-state index contributed by atoms with van der Waals surface area (Å²) in [6.07, 6.45) is 0.590. The van der Waals surface area contributed by atoms with Gasteiger partial charge in [0.2, 0.25) is 10.0 Å². The maximum atomic E-state index is 13.9. The lowest BCUT2D eigenvalue weighted by molar-refractivity contribution is 0.148. The summed E-state index contributed by atoms with van der Waals surface area (Å²) in [6.45, 7) is 1.36. The smallest absolute Gasteiger partial charge is 0.246 e. The highest BCUT2D eigenvalue weighted by molar-refractivity contribution is 9.10. The molecule has 1 aliphatic rings. The molecule has 2 rings (SSSR count). The molecule has 1 aromatic carbocycles. The van der Waals surface area contributed by atoms with Crippen LogP contribution in [0, 0.1) is 5.82 Å². The van der Waals surface area contributed by atoms with Crippen molar-refractivity contribution >= 4 is 31.6 Å². The molecule has 106 valence electrons. The van der Waals surface area contributed by atoms with Crippen LogP contribution in [-0.2, 0) is 14.8 Å². The standard InChI is InChI=1S/C11H14BrFN2O3S/c12-8-6-9(13)11(7-10(8)14)19(16,17)15-2-1-4-18-5-3-15/h6-7H,1-5,14H2. The Balaban J connectivity index is 2.41. The molecule has 5 nitrogen and oxygen atoms in total. The number of ether oxygens (including phenoxy) is 1. The summed E-state index contributed by atoms with van der Waals surface area (Å²) in [5.41, 5.74) is 5.81. The quantitative estimate of drug-likeness (QED) is 0.820. The molecule has 0 radical (unpaired) electrons. The van der Waals surface area contributed by atoms with E-state index in [1.165, 1.54) is 4.31 Å². The predicted molar refractivity (Wildman–Crippen MR) is 72.7 cm³/mol. The van der Waals surface area contributed by atoms with E-state index in [9.17, 15) is 12.8 Å². The molecule has 0 aromatic heterocycles. The third-order valence-corrected chi connectivity index (χ3v) is 5.45. The normalized spacial score (nSPS) is 18.2. The molecule has 0 bridgehead atoms. The van der Waals surface area contributed by atoms with Gasteiger partial charge in [-0.2, -0.15) is 4.31 Å². The van der Waals surface area contributed by atoms with E-state index < -0.39 is 20.7 Å². The largest absolute Gasteiger partial charge is 0.398 e. The Bertz CT molecular complexity index is 572. The third-order valence-electron chi connectivity index (χ3n) is 2.85. The van der Waals surface area contributed by atoms with Crippen LogP contribution in [0.1, 0.15) is 6.42 Å². The number of hydrogen-bond donors (Lipinski definition) is 1. The van der Waals surface area contributed by atoms with Crippen LogP contribution in [0.5, 0.6) is 0 Å². The summed E-state index contributed by atoms with van der Waals surface area (Å²) in [5, 5.41) is 0. The molecule has 1 aromatic rings. The van der Waals surface area contributed by atoms with Crippen molar-refractivity contribution in [3.05, 3.63) is 22.4 Å². The monoisotopic (exact) mass is 352 g/mol. The van der Waals surface area contributed by atoms with Gasteiger partial charge in [-0.15, -0.1) is 0 Å². The molecule has 0 aliphatic carbocycles. The van der Waals surface area contributed by atoms with Crippen molar-refractivity contribution in [1.82, 2.24) is 4.31 Å². The summed E-state index contributed by atoms with van der Waals surface area (Å²) in [4.78, 5) is -0.393. The van der Waals surface area contributed by atoms with E-state index in [4.69, 9.17) is 10.5 Å². The van der Waals surface area contributed by atoms with Crippen LogP contribution in [0.25, 0.3) is 0 Å². The van der Waals surface area contributed by atoms with Crippen molar-refractivity contribution in [2.75, 3.05) is 32.0 Å². The Kier molecular flexibility index (Phi) is 4.44. The van der Waals surface area contributed by atoms with Crippen LogP contribution >= 0.6 is 15.9 Å². The van der Waals surface area contributed by atoms with Gasteiger partial charge in [-0.3, -0.25) is 0 Å².